The summed E-state index contributed by atoms with van der Waals surface area (Å²) in [7, 11) is 0. The van der Waals surface area contributed by atoms with Crippen LogP contribution in [0.4, 0.5) is 10.1 Å². The summed E-state index contributed by atoms with van der Waals surface area (Å²) in [6, 6.07) is 13.5. The number of fused-ring (bicyclic) bond motifs is 1. The van der Waals surface area contributed by atoms with Crippen molar-refractivity contribution in [1.29, 1.82) is 0 Å². The molecule has 2 aromatic carbocycles. The molecular weight excluding hydrogens is 307 g/mol. The van der Waals surface area contributed by atoms with Crippen molar-refractivity contribution < 1.29 is 14.0 Å². The van der Waals surface area contributed by atoms with Gasteiger partial charge in [-0.15, -0.1) is 0 Å². The highest BCUT2D eigenvalue weighted by Crippen LogP contribution is 2.38. The van der Waals surface area contributed by atoms with E-state index in [1.165, 1.54) is 24.3 Å². The van der Waals surface area contributed by atoms with E-state index in [1.807, 2.05) is 36.1 Å². The number of carbonyl (C=O) groups is 2. The van der Waals surface area contributed by atoms with E-state index in [4.69, 9.17) is 0 Å². The average Bonchev–Trinajstić information content (AvgIpc) is 3.03. The monoisotopic (exact) mass is 322 g/mol. The normalized spacial score (nSPS) is 19.8. The van der Waals surface area contributed by atoms with Crippen molar-refractivity contribution in [2.75, 3.05) is 4.90 Å². The van der Waals surface area contributed by atoms with Crippen molar-refractivity contribution >= 4 is 23.1 Å². The molecule has 2 aromatic rings. The number of para-hydroxylation sites is 1. The van der Waals surface area contributed by atoms with Crippen LogP contribution in [0.5, 0.6) is 0 Å². The molecule has 1 unspecified atom stereocenters. The molecule has 1 N–H and O–H groups in total. The molecule has 5 heteroatoms. The number of hydrogen-bond donors (Lipinski definition) is 1. The Kier molecular flexibility index (Phi) is 3.23. The number of nitrogens with one attached hydrogen (secondary N) is 1. The second kappa shape index (κ2) is 5.30. The standard InChI is InChI=1S/C19H15FN2O2/c1-11-10-13-4-2-3-5-15(13)22(11)17-16(18(23)21-19(17)24)12-6-8-14(20)9-7-12/h2-9,11H,10H2,1H3,(H,21,23,24). The lowest BCUT2D eigenvalue weighted by Crippen LogP contribution is -2.34. The third kappa shape index (κ3) is 2.12. The van der Waals surface area contributed by atoms with Crippen LogP contribution in [0.2, 0.25) is 0 Å². The lowest BCUT2D eigenvalue weighted by atomic mass is 10.0. The number of rotatable bonds is 2. The van der Waals surface area contributed by atoms with Gasteiger partial charge in [0.25, 0.3) is 11.8 Å². The summed E-state index contributed by atoms with van der Waals surface area (Å²) in [5.74, 6) is -1.24. The van der Waals surface area contributed by atoms with Crippen molar-refractivity contribution in [3.05, 3.63) is 71.2 Å². The minimum absolute atomic E-state index is 0.0597. The van der Waals surface area contributed by atoms with E-state index >= 15 is 0 Å². The van der Waals surface area contributed by atoms with Crippen molar-refractivity contribution in [3.63, 3.8) is 0 Å². The first kappa shape index (κ1) is 14.6. The fraction of sp³-hybridized carbons (Fsp3) is 0.158. The molecule has 2 aliphatic rings. The minimum atomic E-state index is -0.446. The second-order valence-electron chi connectivity index (χ2n) is 6.07. The van der Waals surface area contributed by atoms with E-state index in [2.05, 4.69) is 5.32 Å². The molecule has 0 saturated heterocycles. The van der Waals surface area contributed by atoms with Crippen LogP contribution < -0.4 is 10.2 Å². The smallest absolute Gasteiger partial charge is 0.275 e. The van der Waals surface area contributed by atoms with E-state index in [0.29, 0.717) is 16.8 Å². The second-order valence-corrected chi connectivity index (χ2v) is 6.07. The van der Waals surface area contributed by atoms with Crippen LogP contribution in [-0.2, 0) is 16.0 Å². The van der Waals surface area contributed by atoms with E-state index in [-0.39, 0.29) is 11.9 Å². The first-order valence-corrected chi connectivity index (χ1v) is 7.79. The SMILES string of the molecule is CC1Cc2ccccc2N1C1=C(c2ccc(F)cc2)C(=O)NC1=O. The Hall–Kier alpha value is -2.95. The molecule has 120 valence electrons. The van der Waals surface area contributed by atoms with E-state index in [0.717, 1.165) is 17.7 Å². The topological polar surface area (TPSA) is 49.4 Å². The van der Waals surface area contributed by atoms with Crippen LogP contribution in [0.25, 0.3) is 5.57 Å². The number of benzene rings is 2. The van der Waals surface area contributed by atoms with Crippen molar-refractivity contribution in [2.45, 2.75) is 19.4 Å². The Morgan fingerprint density at radius 3 is 2.50 bits per heavy atom. The van der Waals surface area contributed by atoms with Crippen LogP contribution in [-0.4, -0.2) is 17.9 Å². The molecule has 4 nitrogen and oxygen atoms in total. The predicted octanol–water partition coefficient (Wildman–Crippen LogP) is 2.64. The molecule has 0 spiro atoms. The van der Waals surface area contributed by atoms with Gasteiger partial charge in [0.2, 0.25) is 0 Å². The molecule has 0 radical (unpaired) electrons. The molecule has 4 rings (SSSR count). The zero-order valence-electron chi connectivity index (χ0n) is 13.0. The van der Waals surface area contributed by atoms with Crippen molar-refractivity contribution in [1.82, 2.24) is 5.32 Å². The number of halogens is 1. The summed E-state index contributed by atoms with van der Waals surface area (Å²) in [4.78, 5) is 26.7. The molecule has 0 bridgehead atoms. The molecule has 0 saturated carbocycles. The van der Waals surface area contributed by atoms with E-state index in [9.17, 15) is 14.0 Å². The predicted molar refractivity (Wildman–Crippen MR) is 88.6 cm³/mol. The summed E-state index contributed by atoms with van der Waals surface area (Å²) < 4.78 is 13.2. The molecule has 0 fully saturated rings. The molecule has 2 heterocycles. The Morgan fingerprint density at radius 1 is 1.04 bits per heavy atom. The van der Waals surface area contributed by atoms with Crippen molar-refractivity contribution in [3.8, 4) is 0 Å². The quantitative estimate of drug-likeness (QED) is 0.865. The van der Waals surface area contributed by atoms with Gasteiger partial charge in [0, 0.05) is 11.7 Å². The largest absolute Gasteiger partial charge is 0.333 e. The van der Waals surface area contributed by atoms with Crippen molar-refractivity contribution in [2.24, 2.45) is 0 Å². The Balaban J connectivity index is 1.91. The maximum atomic E-state index is 13.2. The summed E-state index contributed by atoms with van der Waals surface area (Å²) in [6.07, 6.45) is 0.803. The highest BCUT2D eigenvalue weighted by Gasteiger charge is 2.40. The summed E-state index contributed by atoms with van der Waals surface area (Å²) >= 11 is 0. The maximum absolute atomic E-state index is 13.2. The minimum Gasteiger partial charge on any atom is -0.333 e. The van der Waals surface area contributed by atoms with Gasteiger partial charge in [-0.05, 0) is 42.7 Å². The molecule has 24 heavy (non-hydrogen) atoms. The fourth-order valence-electron chi connectivity index (χ4n) is 3.47. The van der Waals surface area contributed by atoms with Gasteiger partial charge in [0.15, 0.2) is 0 Å². The van der Waals surface area contributed by atoms with Gasteiger partial charge in [-0.2, -0.15) is 0 Å². The van der Waals surface area contributed by atoms with Crippen LogP contribution in [0.15, 0.2) is 54.2 Å². The van der Waals surface area contributed by atoms with E-state index < -0.39 is 11.8 Å². The van der Waals surface area contributed by atoms with Gasteiger partial charge in [0.05, 0.1) is 5.57 Å². The van der Waals surface area contributed by atoms with Crippen LogP contribution >= 0.6 is 0 Å². The zero-order valence-corrected chi connectivity index (χ0v) is 13.0. The lowest BCUT2D eigenvalue weighted by molar-refractivity contribution is -0.123. The van der Waals surface area contributed by atoms with Gasteiger partial charge >= 0.3 is 0 Å². The third-order valence-electron chi connectivity index (χ3n) is 4.49. The van der Waals surface area contributed by atoms with Crippen LogP contribution in [0.3, 0.4) is 0 Å². The molecule has 2 aliphatic heterocycles. The van der Waals surface area contributed by atoms with Gasteiger partial charge in [-0.1, -0.05) is 30.3 Å². The number of nitrogens with zero attached hydrogens (tertiary/aromatic N) is 1. The number of carbonyl (C=O) groups excluding carboxylic acids is 2. The van der Waals surface area contributed by atoms with Crippen LogP contribution in [0.1, 0.15) is 18.1 Å². The number of anilines is 1. The number of imide groups is 1. The van der Waals surface area contributed by atoms with Gasteiger partial charge < -0.3 is 4.90 Å². The molecular formula is C19H15FN2O2. The summed E-state index contributed by atoms with van der Waals surface area (Å²) in [5, 5.41) is 2.37. The lowest BCUT2D eigenvalue weighted by Gasteiger charge is -2.25. The van der Waals surface area contributed by atoms with Crippen LogP contribution in [0, 0.1) is 5.82 Å². The molecule has 0 aromatic heterocycles. The first-order valence-electron chi connectivity index (χ1n) is 7.79. The Morgan fingerprint density at radius 2 is 1.75 bits per heavy atom. The van der Waals surface area contributed by atoms with Gasteiger partial charge in [-0.25, -0.2) is 4.39 Å². The first-order chi connectivity index (χ1) is 11.6. The summed E-state index contributed by atoms with van der Waals surface area (Å²) in [5.41, 5.74) is 3.24. The van der Waals surface area contributed by atoms with Gasteiger partial charge in [-0.3, -0.25) is 14.9 Å². The number of hydrogen-bond acceptors (Lipinski definition) is 3. The maximum Gasteiger partial charge on any atom is 0.275 e. The highest BCUT2D eigenvalue weighted by molar-refractivity contribution is 6.37. The third-order valence-corrected chi connectivity index (χ3v) is 4.49. The highest BCUT2D eigenvalue weighted by atomic mass is 19.1. The molecule has 1 atom stereocenters. The summed E-state index contributed by atoms with van der Waals surface area (Å²) in [6.45, 7) is 2.02. The zero-order chi connectivity index (χ0) is 16.8. The number of amides is 2. The van der Waals surface area contributed by atoms with Gasteiger partial charge in [0.1, 0.15) is 11.5 Å². The fourth-order valence-corrected chi connectivity index (χ4v) is 3.47. The Bertz CT molecular complexity index is 886. The average molecular weight is 322 g/mol. The molecule has 2 amide bonds. The Labute approximate surface area is 138 Å². The molecule has 0 aliphatic carbocycles. The van der Waals surface area contributed by atoms with E-state index in [1.54, 1.807) is 0 Å².